The van der Waals surface area contributed by atoms with E-state index in [2.05, 4.69) is 62.3 Å². The SMILES string of the molecule is CC[Si](CC)(CC)O[C@@H]1C[C@@H]2O[Si](C(C)(C)C)(C(C)(C)C)OC[C@H]2O[C@H]1CC1(S(=O)(=O)c2ccccc2)OC1C/C=C(\C)COCc1ccc(OC)cc1. The number of fused-ring (bicyclic) bond motifs is 1. The van der Waals surface area contributed by atoms with E-state index in [1.54, 1.807) is 31.4 Å². The lowest BCUT2D eigenvalue weighted by molar-refractivity contribution is -0.198. The van der Waals surface area contributed by atoms with Crippen LogP contribution < -0.4 is 4.74 Å². The van der Waals surface area contributed by atoms with Gasteiger partial charge in [0.1, 0.15) is 18.0 Å². The van der Waals surface area contributed by atoms with Crippen LogP contribution in [-0.2, 0) is 43.9 Å². The average molecular weight is 803 g/mol. The summed E-state index contributed by atoms with van der Waals surface area (Å²) in [5, 5.41) is -0.346. The molecule has 302 valence electrons. The van der Waals surface area contributed by atoms with Crippen LogP contribution in [-0.4, -0.2) is 81.1 Å². The molecule has 0 bridgehead atoms. The topological polar surface area (TPSA) is 102 Å². The largest absolute Gasteiger partial charge is 0.497 e. The molecule has 3 fully saturated rings. The molecule has 3 heterocycles. The Hall–Kier alpha value is -1.88. The second kappa shape index (κ2) is 16.9. The summed E-state index contributed by atoms with van der Waals surface area (Å²) in [7, 11) is -7.19. The number of sulfone groups is 1. The van der Waals surface area contributed by atoms with Gasteiger partial charge in [-0.3, -0.25) is 0 Å². The number of hydrogen-bond donors (Lipinski definition) is 0. The summed E-state index contributed by atoms with van der Waals surface area (Å²) in [5.74, 6) is 0.803. The van der Waals surface area contributed by atoms with Crippen LogP contribution >= 0.6 is 0 Å². The zero-order valence-corrected chi connectivity index (χ0v) is 37.4. The number of benzene rings is 2. The molecule has 6 atom stereocenters. The molecule has 54 heavy (non-hydrogen) atoms. The number of epoxide rings is 1. The molecule has 0 radical (unpaired) electrons. The first-order valence-corrected chi connectivity index (χ1v) is 25.7. The van der Waals surface area contributed by atoms with Crippen LogP contribution in [0.2, 0.25) is 28.2 Å². The van der Waals surface area contributed by atoms with Gasteiger partial charge in [-0.05, 0) is 61.3 Å². The lowest BCUT2D eigenvalue weighted by Crippen LogP contribution is -2.68. The Bertz CT molecular complexity index is 1640. The molecule has 2 unspecified atom stereocenters. The first kappa shape index (κ1) is 43.3. The fraction of sp³-hybridized carbons (Fsp3) is 0.667. The van der Waals surface area contributed by atoms with Gasteiger partial charge in [0.15, 0.2) is 8.32 Å². The van der Waals surface area contributed by atoms with Crippen molar-refractivity contribution in [3.8, 4) is 5.75 Å². The molecule has 3 aliphatic heterocycles. The fourth-order valence-electron chi connectivity index (χ4n) is 8.64. The highest BCUT2D eigenvalue weighted by atomic mass is 32.2. The minimum Gasteiger partial charge on any atom is -0.497 e. The van der Waals surface area contributed by atoms with Crippen molar-refractivity contribution in [2.24, 2.45) is 0 Å². The van der Waals surface area contributed by atoms with Crippen LogP contribution in [0.5, 0.6) is 5.75 Å². The summed E-state index contributed by atoms with van der Waals surface area (Å²) < 4.78 is 75.3. The van der Waals surface area contributed by atoms with Gasteiger partial charge >= 0.3 is 8.56 Å². The van der Waals surface area contributed by atoms with Crippen molar-refractivity contribution in [2.75, 3.05) is 20.3 Å². The normalized spacial score (nSPS) is 27.7. The molecule has 3 saturated heterocycles. The standard InChI is InChI=1S/C42H66O9SSi2/c1-12-53(13-2,14-3)50-35-26-36-38(30-47-54(51-36,40(5,6)7)41(8,9)10)48-37(35)27-42(52(43,44)34-18-16-15-17-19-34)39(49-42)25-20-31(4)28-46-29-32-21-23-33(45-11)24-22-32/h15-24,35-39H,12-14,25-30H2,1-11H3/b31-20+/t35-,36+,37+,38-,39?,42?/m1/s1. The van der Waals surface area contributed by atoms with Gasteiger partial charge in [0.05, 0.1) is 50.1 Å². The van der Waals surface area contributed by atoms with Gasteiger partial charge < -0.3 is 32.2 Å². The Labute approximate surface area is 327 Å². The van der Waals surface area contributed by atoms with E-state index < -0.39 is 43.9 Å². The van der Waals surface area contributed by atoms with Crippen LogP contribution in [0.15, 0.2) is 71.1 Å². The third-order valence-electron chi connectivity index (χ3n) is 11.9. The third-order valence-corrected chi connectivity index (χ3v) is 24.1. The van der Waals surface area contributed by atoms with E-state index in [4.69, 9.17) is 32.2 Å². The van der Waals surface area contributed by atoms with Crippen molar-refractivity contribution in [2.45, 2.75) is 164 Å². The predicted octanol–water partition coefficient (Wildman–Crippen LogP) is 9.51. The fourth-order valence-corrected chi connectivity index (χ4v) is 18.5. The molecule has 5 rings (SSSR count). The molecule has 0 N–H and O–H groups in total. The van der Waals surface area contributed by atoms with E-state index in [1.165, 1.54) is 0 Å². The van der Waals surface area contributed by atoms with E-state index in [0.29, 0.717) is 32.7 Å². The molecule has 0 saturated carbocycles. The van der Waals surface area contributed by atoms with E-state index >= 15 is 0 Å². The number of methoxy groups -OCH3 is 1. The van der Waals surface area contributed by atoms with Gasteiger partial charge in [0.2, 0.25) is 14.8 Å². The van der Waals surface area contributed by atoms with E-state index in [0.717, 1.165) is 35.0 Å². The molecule has 0 spiro atoms. The van der Waals surface area contributed by atoms with E-state index in [-0.39, 0.29) is 39.7 Å². The Kier molecular flexibility index (Phi) is 13.6. The minimum absolute atomic E-state index is 0.159. The second-order valence-electron chi connectivity index (χ2n) is 17.5. The average Bonchev–Trinajstić information content (AvgIpc) is 3.86. The van der Waals surface area contributed by atoms with Crippen LogP contribution in [0, 0.1) is 0 Å². The number of hydrogen-bond acceptors (Lipinski definition) is 9. The zero-order chi connectivity index (χ0) is 39.6. The van der Waals surface area contributed by atoms with Gasteiger partial charge in [-0.1, -0.05) is 104 Å². The van der Waals surface area contributed by atoms with Crippen molar-refractivity contribution in [1.82, 2.24) is 0 Å². The maximum atomic E-state index is 14.7. The van der Waals surface area contributed by atoms with Crippen LogP contribution in [0.25, 0.3) is 0 Å². The monoisotopic (exact) mass is 802 g/mol. The third kappa shape index (κ3) is 8.82. The van der Waals surface area contributed by atoms with Gasteiger partial charge in [0, 0.05) is 22.9 Å². The van der Waals surface area contributed by atoms with Crippen LogP contribution in [0.4, 0.5) is 0 Å². The quantitative estimate of drug-likeness (QED) is 0.0933. The molecule has 12 heteroatoms. The van der Waals surface area contributed by atoms with Crippen LogP contribution in [0.1, 0.15) is 94.1 Å². The van der Waals surface area contributed by atoms with Crippen LogP contribution in [0.3, 0.4) is 0 Å². The minimum atomic E-state index is -3.93. The highest BCUT2D eigenvalue weighted by molar-refractivity contribution is 7.93. The Balaban J connectivity index is 1.41. The molecule has 0 aliphatic carbocycles. The van der Waals surface area contributed by atoms with Gasteiger partial charge in [-0.25, -0.2) is 8.42 Å². The molecule has 9 nitrogen and oxygen atoms in total. The maximum Gasteiger partial charge on any atom is 0.349 e. The zero-order valence-electron chi connectivity index (χ0n) is 34.6. The molecule has 0 aromatic heterocycles. The summed E-state index contributed by atoms with van der Waals surface area (Å²) in [6, 6.07) is 19.4. The predicted molar refractivity (Wildman–Crippen MR) is 218 cm³/mol. The Morgan fingerprint density at radius 3 is 2.15 bits per heavy atom. The van der Waals surface area contributed by atoms with Gasteiger partial charge in [-0.2, -0.15) is 0 Å². The maximum absolute atomic E-state index is 14.7. The summed E-state index contributed by atoms with van der Waals surface area (Å²) >= 11 is 0. The highest BCUT2D eigenvalue weighted by Crippen LogP contribution is 2.56. The van der Waals surface area contributed by atoms with Gasteiger partial charge in [0.25, 0.3) is 0 Å². The highest BCUT2D eigenvalue weighted by Gasteiger charge is 2.68. The number of rotatable bonds is 16. The van der Waals surface area contributed by atoms with Crippen molar-refractivity contribution >= 4 is 26.7 Å². The van der Waals surface area contributed by atoms with E-state index in [9.17, 15) is 8.42 Å². The molecular weight excluding hydrogens is 737 g/mol. The smallest absolute Gasteiger partial charge is 0.349 e. The Morgan fingerprint density at radius 1 is 0.944 bits per heavy atom. The first-order chi connectivity index (χ1) is 25.4. The summed E-state index contributed by atoms with van der Waals surface area (Å²) in [4.78, 5) is -1.22. The second-order valence-corrected chi connectivity index (χ2v) is 29.1. The van der Waals surface area contributed by atoms with Crippen molar-refractivity contribution in [1.29, 1.82) is 0 Å². The van der Waals surface area contributed by atoms with Crippen molar-refractivity contribution < 1.29 is 40.6 Å². The molecule has 2 aromatic carbocycles. The molecular formula is C42H66O9SSi2. The van der Waals surface area contributed by atoms with E-state index in [1.807, 2.05) is 43.3 Å². The lowest BCUT2D eigenvalue weighted by Gasteiger charge is -2.57. The number of ether oxygens (including phenoxy) is 4. The summed E-state index contributed by atoms with van der Waals surface area (Å²) in [6.45, 7) is 23.3. The molecule has 0 amide bonds. The Morgan fingerprint density at radius 2 is 1.57 bits per heavy atom. The lowest BCUT2D eigenvalue weighted by atomic mass is 9.94. The first-order valence-electron chi connectivity index (χ1n) is 19.9. The summed E-state index contributed by atoms with van der Waals surface area (Å²) in [6.07, 6.45) is 1.33. The molecule has 3 aliphatic rings. The van der Waals surface area contributed by atoms with Crippen molar-refractivity contribution in [3.05, 3.63) is 71.8 Å². The van der Waals surface area contributed by atoms with Gasteiger partial charge in [-0.15, -0.1) is 0 Å². The van der Waals surface area contributed by atoms with Crippen molar-refractivity contribution in [3.63, 3.8) is 0 Å². The summed E-state index contributed by atoms with van der Waals surface area (Å²) in [5.41, 5.74) is 2.06. The molecule has 2 aromatic rings.